The summed E-state index contributed by atoms with van der Waals surface area (Å²) >= 11 is 6.88. The summed E-state index contributed by atoms with van der Waals surface area (Å²) in [5.41, 5.74) is -0.822. The van der Waals surface area contributed by atoms with E-state index in [1.165, 1.54) is 6.07 Å². The van der Waals surface area contributed by atoms with Crippen LogP contribution in [0, 0.1) is 0 Å². The highest BCUT2D eigenvalue weighted by molar-refractivity contribution is 7.14. The number of carbonyl (C=O) groups is 1. The lowest BCUT2D eigenvalue weighted by molar-refractivity contribution is 0.0670. The first-order valence-corrected chi connectivity index (χ1v) is 5.52. The van der Waals surface area contributed by atoms with Gasteiger partial charge in [-0.1, -0.05) is 16.8 Å². The molecule has 2 rings (SSSR count). The summed E-state index contributed by atoms with van der Waals surface area (Å²) in [5.74, 6) is -2.49. The number of rotatable bonds is 3. The lowest BCUT2D eigenvalue weighted by Gasteiger charge is -1.97. The topological polar surface area (TPSA) is 63.3 Å². The molecule has 2 aromatic rings. The van der Waals surface area contributed by atoms with E-state index in [0.29, 0.717) is 4.88 Å². The van der Waals surface area contributed by atoms with E-state index in [1.807, 2.05) is 0 Å². The van der Waals surface area contributed by atoms with E-state index < -0.39 is 23.7 Å². The molecule has 1 N–H and O–H groups in total. The number of halogens is 3. The maximum atomic E-state index is 12.5. The summed E-state index contributed by atoms with van der Waals surface area (Å²) in [7, 11) is 0. The van der Waals surface area contributed by atoms with Crippen molar-refractivity contribution in [1.29, 1.82) is 0 Å². The van der Waals surface area contributed by atoms with Gasteiger partial charge < -0.3 is 9.63 Å². The van der Waals surface area contributed by atoms with E-state index in [9.17, 15) is 13.6 Å². The van der Waals surface area contributed by atoms with Crippen molar-refractivity contribution in [3.05, 3.63) is 27.8 Å². The number of nitrogens with zero attached hydrogens (tertiary/aromatic N) is 1. The van der Waals surface area contributed by atoms with Gasteiger partial charge >= 0.3 is 5.97 Å². The fourth-order valence-corrected chi connectivity index (χ4v) is 2.41. The van der Waals surface area contributed by atoms with Crippen LogP contribution in [0.15, 0.2) is 16.0 Å². The Morgan fingerprint density at radius 1 is 1.59 bits per heavy atom. The van der Waals surface area contributed by atoms with Crippen LogP contribution in [0.25, 0.3) is 10.6 Å². The zero-order valence-electron chi connectivity index (χ0n) is 7.99. The van der Waals surface area contributed by atoms with Gasteiger partial charge in [0.2, 0.25) is 5.76 Å². The average Bonchev–Trinajstić information content (AvgIpc) is 2.82. The summed E-state index contributed by atoms with van der Waals surface area (Å²) in [6.45, 7) is 0. The highest BCUT2D eigenvalue weighted by Gasteiger charge is 2.30. The van der Waals surface area contributed by atoms with Crippen molar-refractivity contribution in [1.82, 2.24) is 5.16 Å². The fraction of sp³-hybridized carbons (Fsp3) is 0.111. The molecule has 17 heavy (non-hydrogen) atoms. The van der Waals surface area contributed by atoms with E-state index in [4.69, 9.17) is 16.7 Å². The van der Waals surface area contributed by atoms with E-state index in [1.54, 1.807) is 5.38 Å². The molecule has 4 nitrogen and oxygen atoms in total. The summed E-state index contributed by atoms with van der Waals surface area (Å²) in [6, 6.07) is 1.52. The zero-order chi connectivity index (χ0) is 12.6. The quantitative estimate of drug-likeness (QED) is 0.930. The predicted octanol–water partition coefficient (Wildman–Crippen LogP) is 3.69. The maximum absolute atomic E-state index is 12.5. The monoisotopic (exact) mass is 279 g/mol. The van der Waals surface area contributed by atoms with E-state index in [-0.39, 0.29) is 10.7 Å². The maximum Gasteiger partial charge on any atom is 0.341 e. The molecule has 0 atom stereocenters. The number of thiophene rings is 1. The van der Waals surface area contributed by atoms with Gasteiger partial charge in [0.25, 0.3) is 6.43 Å². The first kappa shape index (κ1) is 12.0. The molecular weight excluding hydrogens is 276 g/mol. The minimum Gasteiger partial charge on any atom is -0.477 e. The Balaban J connectivity index is 2.64. The molecule has 0 fully saturated rings. The summed E-state index contributed by atoms with van der Waals surface area (Å²) in [4.78, 5) is 11.2. The molecule has 2 aromatic heterocycles. The van der Waals surface area contributed by atoms with E-state index in [0.717, 1.165) is 11.3 Å². The van der Waals surface area contributed by atoms with Crippen LogP contribution in [0.3, 0.4) is 0 Å². The minimum absolute atomic E-state index is 0.173. The molecule has 8 heteroatoms. The third kappa shape index (κ3) is 2.03. The van der Waals surface area contributed by atoms with Crippen molar-refractivity contribution in [3.63, 3.8) is 0 Å². The molecule has 90 valence electrons. The van der Waals surface area contributed by atoms with Crippen LogP contribution >= 0.6 is 22.9 Å². The molecule has 0 saturated carbocycles. The van der Waals surface area contributed by atoms with Gasteiger partial charge in [0.1, 0.15) is 11.3 Å². The van der Waals surface area contributed by atoms with Crippen LogP contribution in [-0.2, 0) is 0 Å². The van der Waals surface area contributed by atoms with Crippen molar-refractivity contribution in [2.45, 2.75) is 6.43 Å². The highest BCUT2D eigenvalue weighted by atomic mass is 35.5. The molecular formula is C9H4ClF2NO3S. The van der Waals surface area contributed by atoms with Gasteiger partial charge in [0.15, 0.2) is 0 Å². The number of alkyl halides is 2. The van der Waals surface area contributed by atoms with Gasteiger partial charge in [-0.05, 0) is 11.4 Å². The molecule has 0 aliphatic rings. The predicted molar refractivity (Wildman–Crippen MR) is 56.7 cm³/mol. The van der Waals surface area contributed by atoms with Gasteiger partial charge in [-0.25, -0.2) is 13.6 Å². The third-order valence-corrected chi connectivity index (χ3v) is 3.31. The molecule has 0 bridgehead atoms. The Labute approximate surface area is 102 Å². The Hall–Kier alpha value is -1.47. The van der Waals surface area contributed by atoms with Gasteiger partial charge in [-0.15, -0.1) is 11.3 Å². The van der Waals surface area contributed by atoms with Gasteiger partial charge in [0.05, 0.1) is 9.90 Å². The van der Waals surface area contributed by atoms with Gasteiger partial charge in [-0.2, -0.15) is 0 Å². The van der Waals surface area contributed by atoms with Crippen LogP contribution < -0.4 is 0 Å². The van der Waals surface area contributed by atoms with Crippen molar-refractivity contribution >= 4 is 28.9 Å². The number of aromatic nitrogens is 1. The van der Waals surface area contributed by atoms with E-state index in [2.05, 4.69) is 9.68 Å². The van der Waals surface area contributed by atoms with Crippen LogP contribution in [0.1, 0.15) is 22.5 Å². The van der Waals surface area contributed by atoms with Crippen molar-refractivity contribution in [3.8, 4) is 10.6 Å². The van der Waals surface area contributed by atoms with Crippen LogP contribution in [0.4, 0.5) is 8.78 Å². The van der Waals surface area contributed by atoms with E-state index >= 15 is 0 Å². The molecule has 2 heterocycles. The van der Waals surface area contributed by atoms with Crippen molar-refractivity contribution in [2.24, 2.45) is 0 Å². The van der Waals surface area contributed by atoms with Crippen LogP contribution in [-0.4, -0.2) is 16.2 Å². The van der Waals surface area contributed by atoms with Gasteiger partial charge in [0, 0.05) is 0 Å². The molecule has 0 aliphatic carbocycles. The number of carboxylic acid groups (broad SMARTS) is 1. The van der Waals surface area contributed by atoms with Gasteiger partial charge in [-0.3, -0.25) is 0 Å². The summed E-state index contributed by atoms with van der Waals surface area (Å²) in [6.07, 6.45) is -3.04. The third-order valence-electron chi connectivity index (χ3n) is 1.96. The Morgan fingerprint density at radius 3 is 2.76 bits per heavy atom. The zero-order valence-corrected chi connectivity index (χ0v) is 9.56. The fourth-order valence-electron chi connectivity index (χ4n) is 1.28. The van der Waals surface area contributed by atoms with Crippen molar-refractivity contribution in [2.75, 3.05) is 0 Å². The lowest BCUT2D eigenvalue weighted by Crippen LogP contribution is -2.01. The Kier molecular flexibility index (Phi) is 3.12. The van der Waals surface area contributed by atoms with Crippen molar-refractivity contribution < 1.29 is 23.2 Å². The number of hydrogen-bond donors (Lipinski definition) is 1. The number of aromatic carboxylic acids is 1. The second-order valence-corrected chi connectivity index (χ2v) is 4.30. The molecule has 0 spiro atoms. The normalized spacial score (nSPS) is 11.1. The standard InChI is InChI=1S/C9H4ClF2NO3S/c10-3-1-2-17-7(3)5-4(9(14)15)6(8(11)12)16-13-5/h1-2,8H,(H,14,15). The highest BCUT2D eigenvalue weighted by Crippen LogP contribution is 2.37. The molecule has 0 aromatic carbocycles. The number of carboxylic acids is 1. The molecule has 0 amide bonds. The summed E-state index contributed by atoms with van der Waals surface area (Å²) in [5, 5.41) is 14.1. The first-order chi connectivity index (χ1) is 8.02. The second-order valence-electron chi connectivity index (χ2n) is 2.97. The Bertz CT molecular complexity index is 566. The van der Waals surface area contributed by atoms with Crippen LogP contribution in [0.2, 0.25) is 5.02 Å². The molecule has 0 saturated heterocycles. The Morgan fingerprint density at radius 2 is 2.29 bits per heavy atom. The molecule has 0 radical (unpaired) electrons. The minimum atomic E-state index is -3.04. The average molecular weight is 280 g/mol. The summed E-state index contributed by atoms with van der Waals surface area (Å²) < 4.78 is 29.4. The second kappa shape index (κ2) is 4.42. The first-order valence-electron chi connectivity index (χ1n) is 4.26. The van der Waals surface area contributed by atoms with Crippen LogP contribution in [0.5, 0.6) is 0 Å². The molecule has 0 aliphatic heterocycles. The number of hydrogen-bond acceptors (Lipinski definition) is 4. The lowest BCUT2D eigenvalue weighted by atomic mass is 10.1. The smallest absolute Gasteiger partial charge is 0.341 e. The SMILES string of the molecule is O=C(O)c1c(-c2sccc2Cl)noc1C(F)F. The molecule has 0 unspecified atom stereocenters. The largest absolute Gasteiger partial charge is 0.477 e.